The fourth-order valence-corrected chi connectivity index (χ4v) is 15.5. The number of nitrogens with two attached hydrogens (primary N) is 4. The van der Waals surface area contributed by atoms with Crippen molar-refractivity contribution in [3.8, 4) is 0 Å². The maximum atomic E-state index is 10.7. The zero-order valence-corrected chi connectivity index (χ0v) is 57.6. The van der Waals surface area contributed by atoms with Gasteiger partial charge in [-0.25, -0.2) is 20.0 Å². The van der Waals surface area contributed by atoms with Crippen LogP contribution in [0.25, 0.3) is 0 Å². The van der Waals surface area contributed by atoms with E-state index in [9.17, 15) is 30.6 Å². The summed E-state index contributed by atoms with van der Waals surface area (Å²) in [5, 5.41) is 63.2. The molecular weight excluding hydrogens is 1220 g/mol. The Morgan fingerprint density at radius 3 is 1.36 bits per heavy atom. The molecule has 0 aromatic carbocycles. The van der Waals surface area contributed by atoms with E-state index in [0.717, 1.165) is 43.1 Å². The molecule has 16 atom stereocenters. The predicted molar refractivity (Wildman–Crippen MR) is 370 cm³/mol. The van der Waals surface area contributed by atoms with Crippen molar-refractivity contribution in [2.75, 3.05) is 91.2 Å². The number of aliphatic hydroxyl groups excluding tert-OH is 5. The standard InChI is InChI=1S/C16H26N3O3P.C15H24N3O3P.2C15H26N3O3P/c1-10-8-19(11(2)18-14(10)17)15-12-13(20)16(22-15,9-21-12)6-7-23(3,4)5;1-10-17-11(16)5-7-18(10)14-12-13(19)15(21-14,9-20-12)6-8-22(2,3)4;1-10-17-12(16)6-8-18(10)14-15(2,20)13(19)11(21-14)7-9-22(3,4)5;1-10-17-11(16)6-8-18(10)14-12(19)13(20)15(2,21-14)7-9-22(3,4)5/h8,12-13,15,20H,2-3,6-7,9H2,1,4-5H3,(H2,17,18);5,7,12-14,19H,1-2,6,8-9H2,3-4H3,(H2,16,17);6,8,11,13-14,19-20H,1,3,7,9H2,2,4-5H3,(H2,16,17);6,8,12-14,19-20H,1,3,7,9H2,2,4-5H3,(H2,16,17)/t12-,13+,15-,16+;12-,13+,14-,15+;11-,13-,14-,15-;12-,13+,14-,15-/m1111/s1. The number of hydrogen-bond acceptors (Lipinski definition) is 24. The average molecular weight is 1320 g/mol. The van der Waals surface area contributed by atoms with Gasteiger partial charge in [-0.1, -0.05) is 26.3 Å². The lowest BCUT2D eigenvalue weighted by molar-refractivity contribution is -0.181. The Morgan fingerprint density at radius 2 is 0.933 bits per heavy atom. The van der Waals surface area contributed by atoms with Gasteiger partial charge >= 0.3 is 0 Å². The van der Waals surface area contributed by atoms with Crippen LogP contribution in [0.5, 0.6) is 0 Å². The second-order valence-electron chi connectivity index (χ2n) is 27.9. The number of fused-ring (bicyclic) bond motifs is 4. The normalized spacial score (nSPS) is 36.7. The van der Waals surface area contributed by atoms with Crippen molar-refractivity contribution < 1.29 is 59.1 Å². The van der Waals surface area contributed by atoms with Crippen molar-refractivity contribution in [2.45, 2.75) is 143 Å². The zero-order valence-electron chi connectivity index (χ0n) is 54.0. The van der Waals surface area contributed by atoms with Gasteiger partial charge in [0.05, 0.1) is 24.9 Å². The summed E-state index contributed by atoms with van der Waals surface area (Å²) in [5.41, 5.74) is 20.0. The van der Waals surface area contributed by atoms with Gasteiger partial charge in [-0.15, -0.1) is 52.7 Å². The summed E-state index contributed by atoms with van der Waals surface area (Å²) >= 11 is 0. The van der Waals surface area contributed by atoms with Crippen molar-refractivity contribution in [3.63, 3.8) is 0 Å². The summed E-state index contributed by atoms with van der Waals surface area (Å²) in [4.78, 5) is 23.3. The largest absolute Gasteiger partial charge is 0.387 e. The van der Waals surface area contributed by atoms with Crippen LogP contribution in [0.4, 0.5) is 0 Å². The van der Waals surface area contributed by atoms with E-state index in [1.165, 1.54) is 0 Å². The summed E-state index contributed by atoms with van der Waals surface area (Å²) in [7, 11) is 0. The van der Waals surface area contributed by atoms with Gasteiger partial charge in [0.25, 0.3) is 0 Å². The molecule has 10 heterocycles. The molecule has 0 aliphatic carbocycles. The molecule has 0 spiro atoms. The van der Waals surface area contributed by atoms with E-state index in [1.807, 2.05) is 24.9 Å². The molecule has 14 N–H and O–H groups in total. The Bertz CT molecular complexity index is 3150. The molecule has 6 fully saturated rings. The Kier molecular flexibility index (Phi) is 21.9. The quantitative estimate of drug-likeness (QED) is 0.0993. The first-order valence-corrected chi connectivity index (χ1v) is 41.9. The SMILES string of the molecule is C=C1N=C(N)C(C)=CN1[C@@H]1O[C@@]2(CCP(=C)(C)C)CO[C@@H]1[C@@H]2O.C=C1N=C(N)C=CN1[C@@H]1O[C@@]2(CCP(=C)(C)C)CO[C@@H]1[C@@H]2O.C=C1N=C(N)C=CN1[C@@H]1O[C@H](CCP(=C)(C)C)[C@@H](O)[C@@]1(C)O.C=C1N=C(N)C=CN1[C@@H]1O[C@](C)(CCP(=C)(C)C)[C@@H](O)[C@H]1O. The number of ether oxygens (including phenoxy) is 6. The molecular formula is C61H102N12O12P4. The lowest BCUT2D eigenvalue weighted by Gasteiger charge is -2.37. The molecule has 10 aliphatic rings. The highest BCUT2D eigenvalue weighted by atomic mass is 31.2. The van der Waals surface area contributed by atoms with E-state index < -0.39 is 124 Å². The van der Waals surface area contributed by atoms with Crippen molar-refractivity contribution in [1.82, 2.24) is 19.6 Å². The minimum absolute atomic E-state index is 0.347. The Hall–Kier alpha value is -4.28. The van der Waals surface area contributed by atoms with Crippen LogP contribution < -0.4 is 22.9 Å². The van der Waals surface area contributed by atoms with Crippen LogP contribution in [-0.2, 0) is 28.4 Å². The van der Waals surface area contributed by atoms with E-state index in [0.29, 0.717) is 72.7 Å². The van der Waals surface area contributed by atoms with Gasteiger partial charge in [0, 0.05) is 30.4 Å². The minimum atomic E-state index is -1.43. The molecule has 0 aromatic heterocycles. The van der Waals surface area contributed by atoms with E-state index in [2.05, 4.69) is 125 Å². The van der Waals surface area contributed by atoms with Crippen LogP contribution in [0.3, 0.4) is 0 Å². The molecule has 498 valence electrons. The number of aliphatic hydroxyl groups is 6. The third kappa shape index (κ3) is 16.7. The Labute approximate surface area is 527 Å². The smallest absolute Gasteiger partial charge is 0.166 e. The zero-order chi connectivity index (χ0) is 66.5. The monoisotopic (exact) mass is 1320 g/mol. The topological polar surface area (TPSA) is 343 Å². The van der Waals surface area contributed by atoms with Crippen molar-refractivity contribution >= 4 is 76.1 Å². The number of hydrogen-bond donors (Lipinski definition) is 10. The van der Waals surface area contributed by atoms with Crippen molar-refractivity contribution in [2.24, 2.45) is 42.9 Å². The molecule has 0 radical (unpaired) electrons. The maximum Gasteiger partial charge on any atom is 0.166 e. The van der Waals surface area contributed by atoms with Crippen LogP contribution in [0, 0.1) is 0 Å². The van der Waals surface area contributed by atoms with Crippen LogP contribution >= 0.6 is 27.5 Å². The maximum absolute atomic E-state index is 10.7. The third-order valence-corrected chi connectivity index (χ3v) is 22.9. The highest BCUT2D eigenvalue weighted by Gasteiger charge is 2.64. The molecule has 0 unspecified atom stereocenters. The van der Waals surface area contributed by atoms with E-state index in [1.54, 1.807) is 58.5 Å². The predicted octanol–water partition coefficient (Wildman–Crippen LogP) is 2.75. The first-order valence-electron chi connectivity index (χ1n) is 29.6. The summed E-state index contributed by atoms with van der Waals surface area (Å²) < 4.78 is 36.1. The van der Waals surface area contributed by atoms with Crippen molar-refractivity contribution in [3.05, 3.63) is 98.2 Å². The van der Waals surface area contributed by atoms with Crippen LogP contribution in [0.2, 0.25) is 0 Å². The summed E-state index contributed by atoms with van der Waals surface area (Å²) in [6, 6.07) is 0. The van der Waals surface area contributed by atoms with Gasteiger partial charge in [0.15, 0.2) is 24.9 Å². The first kappa shape index (κ1) is 72.2. The van der Waals surface area contributed by atoms with E-state index >= 15 is 0 Å². The lowest BCUT2D eigenvalue weighted by atomic mass is 9.94. The Balaban J connectivity index is 0.000000169. The third-order valence-electron chi connectivity index (χ3n) is 17.2. The van der Waals surface area contributed by atoms with Crippen LogP contribution in [0.15, 0.2) is 118 Å². The molecule has 6 saturated heterocycles. The fraction of sp³-hybridized carbons (Fsp3) is 0.607. The highest BCUT2D eigenvalue weighted by Crippen LogP contribution is 2.51. The lowest BCUT2D eigenvalue weighted by Crippen LogP contribution is -2.51. The van der Waals surface area contributed by atoms with Crippen LogP contribution in [0.1, 0.15) is 46.5 Å². The van der Waals surface area contributed by atoms with Gasteiger partial charge in [0.1, 0.15) is 106 Å². The average Bonchev–Trinajstić information content (AvgIpc) is 1.61. The molecule has 4 bridgehead atoms. The number of rotatable bonds is 16. The summed E-state index contributed by atoms with van der Waals surface area (Å²) in [5.74, 6) is 3.31. The highest BCUT2D eigenvalue weighted by molar-refractivity contribution is 7.73. The van der Waals surface area contributed by atoms with Gasteiger partial charge in [0.2, 0.25) is 0 Å². The summed E-state index contributed by atoms with van der Waals surface area (Å²) in [6.07, 6.45) is 27.3. The summed E-state index contributed by atoms with van der Waals surface area (Å²) in [6.45, 7) is 34.0. The second-order valence-corrected chi connectivity index (χ2v) is 45.2. The minimum Gasteiger partial charge on any atom is -0.387 e. The molecule has 10 rings (SSSR count). The molecule has 24 nitrogen and oxygen atoms in total. The number of nitrogens with zero attached hydrogens (tertiary/aromatic N) is 8. The molecule has 10 aliphatic heterocycles. The van der Waals surface area contributed by atoms with E-state index in [-0.39, 0.29) is 0 Å². The molecule has 0 aromatic rings. The Morgan fingerprint density at radius 1 is 0.539 bits per heavy atom. The molecule has 28 heteroatoms. The first-order chi connectivity index (χ1) is 40.9. The second kappa shape index (κ2) is 27.0. The molecule has 0 saturated carbocycles. The number of aliphatic imine (C=N–C) groups is 4. The molecule has 89 heavy (non-hydrogen) atoms. The van der Waals surface area contributed by atoms with E-state index in [4.69, 9.17) is 51.4 Å². The fourth-order valence-electron chi connectivity index (χ4n) is 11.5. The van der Waals surface area contributed by atoms with Gasteiger partial charge < -0.3 is 102 Å². The van der Waals surface area contributed by atoms with Crippen LogP contribution in [-0.4, -0.2) is 286 Å². The molecule has 0 amide bonds. The number of amidine groups is 4. The van der Waals surface area contributed by atoms with Gasteiger partial charge in [-0.05, 0) is 143 Å². The van der Waals surface area contributed by atoms with Gasteiger partial charge in [-0.3, -0.25) is 0 Å². The van der Waals surface area contributed by atoms with Gasteiger partial charge in [-0.2, -0.15) is 0 Å². The van der Waals surface area contributed by atoms with Crippen molar-refractivity contribution in [1.29, 1.82) is 0 Å².